The van der Waals surface area contributed by atoms with Crippen molar-refractivity contribution in [3.8, 4) is 6.07 Å². The molecule has 33 heavy (non-hydrogen) atoms. The maximum Gasteiger partial charge on any atom is 0.127 e. The van der Waals surface area contributed by atoms with Crippen molar-refractivity contribution in [3.63, 3.8) is 0 Å². The van der Waals surface area contributed by atoms with E-state index in [0.29, 0.717) is 23.7 Å². The highest BCUT2D eigenvalue weighted by Crippen LogP contribution is 2.19. The summed E-state index contributed by atoms with van der Waals surface area (Å²) in [6, 6.07) is 9.40. The predicted molar refractivity (Wildman–Crippen MR) is 137 cm³/mol. The maximum atomic E-state index is 9.09. The quantitative estimate of drug-likeness (QED) is 0.278. The van der Waals surface area contributed by atoms with Gasteiger partial charge in [0.2, 0.25) is 0 Å². The summed E-state index contributed by atoms with van der Waals surface area (Å²) in [5.74, 6) is 0.564. The Morgan fingerprint density at radius 2 is 2.12 bits per heavy atom. The molecule has 0 fully saturated rings. The summed E-state index contributed by atoms with van der Waals surface area (Å²) in [7, 11) is 3.51. The van der Waals surface area contributed by atoms with E-state index in [0.717, 1.165) is 17.1 Å². The number of ether oxygens (including phenoxy) is 1. The monoisotopic (exact) mass is 446 g/mol. The zero-order valence-electron chi connectivity index (χ0n) is 20.5. The molecule has 1 heterocycles. The summed E-state index contributed by atoms with van der Waals surface area (Å²) in [5.41, 5.74) is 3.76. The van der Waals surface area contributed by atoms with E-state index >= 15 is 0 Å². The Hall–Kier alpha value is -3.76. The van der Waals surface area contributed by atoms with Gasteiger partial charge in [0.05, 0.1) is 35.8 Å². The van der Waals surface area contributed by atoms with Gasteiger partial charge in [-0.2, -0.15) is 5.26 Å². The Bertz CT molecular complexity index is 1050. The number of nitriles is 1. The normalized spacial score (nSPS) is 12.2. The molecule has 1 unspecified atom stereocenters. The van der Waals surface area contributed by atoms with Crippen molar-refractivity contribution in [1.82, 2.24) is 15.0 Å². The number of benzene rings is 1. The molecule has 1 atom stereocenters. The van der Waals surface area contributed by atoms with Crippen LogP contribution in [0, 0.1) is 24.2 Å². The van der Waals surface area contributed by atoms with Crippen LogP contribution in [0.3, 0.4) is 0 Å². The van der Waals surface area contributed by atoms with E-state index in [4.69, 9.17) is 10.00 Å². The van der Waals surface area contributed by atoms with Gasteiger partial charge < -0.3 is 9.64 Å². The van der Waals surface area contributed by atoms with Crippen molar-refractivity contribution in [2.45, 2.75) is 27.7 Å². The number of aliphatic imine (C=N–C) groups is 1. The van der Waals surface area contributed by atoms with Crippen LogP contribution in [0.4, 0.5) is 5.69 Å². The van der Waals surface area contributed by atoms with Crippen molar-refractivity contribution >= 4 is 17.6 Å². The maximum absolute atomic E-state index is 9.09. The number of rotatable bonds is 10. The fourth-order valence-corrected chi connectivity index (χ4v) is 2.82. The number of aromatic nitrogens is 3. The first-order valence-corrected chi connectivity index (χ1v) is 10.8. The van der Waals surface area contributed by atoms with E-state index in [1.54, 1.807) is 30.1 Å². The molecule has 0 aliphatic carbocycles. The topological polar surface area (TPSA) is 79.3 Å². The van der Waals surface area contributed by atoms with Gasteiger partial charge in [0.25, 0.3) is 0 Å². The van der Waals surface area contributed by atoms with E-state index in [9.17, 15) is 0 Å². The lowest BCUT2D eigenvalue weighted by atomic mass is 10.1. The predicted octanol–water partition coefficient (Wildman–Crippen LogP) is 5.38. The van der Waals surface area contributed by atoms with E-state index < -0.39 is 0 Å². The molecular weight excluding hydrogens is 412 g/mol. The van der Waals surface area contributed by atoms with E-state index in [1.165, 1.54) is 0 Å². The molecular formula is C26H34N6O. The number of allylic oxidation sites excluding steroid dienone is 3. The second kappa shape index (κ2) is 14.3. The largest absolute Gasteiger partial charge is 0.384 e. The van der Waals surface area contributed by atoms with Crippen molar-refractivity contribution in [2.75, 3.05) is 25.7 Å². The van der Waals surface area contributed by atoms with Crippen molar-refractivity contribution in [3.05, 3.63) is 84.5 Å². The Morgan fingerprint density at radius 3 is 2.73 bits per heavy atom. The van der Waals surface area contributed by atoms with Crippen LogP contribution in [0.25, 0.3) is 5.70 Å². The Kier molecular flexibility index (Phi) is 11.8. The Balaban J connectivity index is 0.00000265. The van der Waals surface area contributed by atoms with E-state index in [-0.39, 0.29) is 5.92 Å². The van der Waals surface area contributed by atoms with Crippen LogP contribution in [0.2, 0.25) is 0 Å². The zero-order valence-corrected chi connectivity index (χ0v) is 20.5. The fraction of sp³-hybridized carbons (Fsp3) is 0.308. The fourth-order valence-electron chi connectivity index (χ4n) is 2.82. The Labute approximate surface area is 197 Å². The summed E-state index contributed by atoms with van der Waals surface area (Å²) in [4.78, 5) is 6.25. The van der Waals surface area contributed by atoms with Crippen LogP contribution in [-0.4, -0.2) is 42.0 Å². The van der Waals surface area contributed by atoms with Crippen LogP contribution >= 0.6 is 0 Å². The van der Waals surface area contributed by atoms with Crippen LogP contribution in [0.5, 0.6) is 0 Å². The molecule has 0 bridgehead atoms. The number of nitrogens with zero attached hydrogens (tertiary/aromatic N) is 6. The summed E-state index contributed by atoms with van der Waals surface area (Å²) in [6.07, 6.45) is 9.42. The SMILES string of the molecule is C=CC(/C=C(\C=C/C)n1nnc(/C=N\C(=C)N(C)c2cccc(C#N)c2)c1C)COC.CC. The molecule has 2 aromatic rings. The first kappa shape index (κ1) is 27.3. The number of hydrogen-bond donors (Lipinski definition) is 0. The summed E-state index contributed by atoms with van der Waals surface area (Å²) >= 11 is 0. The molecule has 0 N–H and O–H groups in total. The van der Waals surface area contributed by atoms with Crippen molar-refractivity contribution in [1.29, 1.82) is 5.26 Å². The lowest BCUT2D eigenvalue weighted by Crippen LogP contribution is -2.14. The molecule has 1 aromatic heterocycles. The molecule has 7 heteroatoms. The first-order chi connectivity index (χ1) is 15.9. The number of anilines is 1. The molecule has 0 spiro atoms. The highest BCUT2D eigenvalue weighted by Gasteiger charge is 2.12. The van der Waals surface area contributed by atoms with Crippen molar-refractivity contribution < 1.29 is 4.74 Å². The molecule has 0 saturated heterocycles. The van der Waals surface area contributed by atoms with Crippen LogP contribution < -0.4 is 4.90 Å². The number of hydrogen-bond acceptors (Lipinski definition) is 6. The van der Waals surface area contributed by atoms with Crippen LogP contribution in [-0.2, 0) is 4.74 Å². The lowest BCUT2D eigenvalue weighted by molar-refractivity contribution is 0.184. The highest BCUT2D eigenvalue weighted by atomic mass is 16.5. The molecule has 1 aromatic carbocycles. The second-order valence-corrected chi connectivity index (χ2v) is 6.81. The average Bonchev–Trinajstić information content (AvgIpc) is 3.22. The van der Waals surface area contributed by atoms with E-state index in [2.05, 4.69) is 34.5 Å². The van der Waals surface area contributed by atoms with Crippen LogP contribution in [0.1, 0.15) is 37.7 Å². The summed E-state index contributed by atoms with van der Waals surface area (Å²) in [5, 5.41) is 17.6. The summed E-state index contributed by atoms with van der Waals surface area (Å²) < 4.78 is 7.01. The molecule has 0 aliphatic heterocycles. The third kappa shape index (κ3) is 7.70. The first-order valence-electron chi connectivity index (χ1n) is 10.8. The molecule has 0 saturated carbocycles. The molecule has 0 amide bonds. The third-order valence-electron chi connectivity index (χ3n) is 4.64. The minimum absolute atomic E-state index is 0.0505. The Morgan fingerprint density at radius 1 is 1.39 bits per heavy atom. The summed E-state index contributed by atoms with van der Waals surface area (Å²) in [6.45, 7) is 16.3. The number of methoxy groups -OCH3 is 1. The molecule has 7 nitrogen and oxygen atoms in total. The smallest absolute Gasteiger partial charge is 0.127 e. The molecule has 0 aliphatic rings. The zero-order chi connectivity index (χ0) is 24.8. The molecule has 2 rings (SSSR count). The van der Waals surface area contributed by atoms with E-state index in [1.807, 2.05) is 76.1 Å². The van der Waals surface area contributed by atoms with Crippen LogP contribution in [0.15, 0.2) is 72.5 Å². The minimum Gasteiger partial charge on any atom is -0.384 e. The van der Waals surface area contributed by atoms with Gasteiger partial charge in [0.1, 0.15) is 11.5 Å². The standard InChI is InChI=1S/C24H28N6O.C2H6/c1-7-10-23(13-20(8-2)17-31-6)30-18(3)24(27-28-30)16-26-19(4)29(5)22-12-9-11-21(14-22)15-25;1-2/h7-14,16,20H,2,4,17H2,1,3,5-6H3;1-2H3/b10-7-,23-13+,26-16-;. The van der Waals surface area contributed by atoms with Gasteiger partial charge >= 0.3 is 0 Å². The molecule has 0 radical (unpaired) electrons. The van der Waals surface area contributed by atoms with Gasteiger partial charge in [-0.05, 0) is 44.2 Å². The van der Waals surface area contributed by atoms with Gasteiger partial charge in [-0.1, -0.05) is 43.9 Å². The van der Waals surface area contributed by atoms with Gasteiger partial charge in [0, 0.05) is 25.8 Å². The van der Waals surface area contributed by atoms with Gasteiger partial charge in [-0.15, -0.1) is 11.7 Å². The highest BCUT2D eigenvalue weighted by molar-refractivity contribution is 5.80. The van der Waals surface area contributed by atoms with Gasteiger partial charge in [-0.3, -0.25) is 0 Å². The van der Waals surface area contributed by atoms with Gasteiger partial charge in [-0.25, -0.2) is 9.67 Å². The second-order valence-electron chi connectivity index (χ2n) is 6.81. The lowest BCUT2D eigenvalue weighted by Gasteiger charge is -2.18. The van der Waals surface area contributed by atoms with Crippen molar-refractivity contribution in [2.24, 2.45) is 10.9 Å². The minimum atomic E-state index is 0.0505. The average molecular weight is 447 g/mol. The molecule has 174 valence electrons. The third-order valence-corrected chi connectivity index (χ3v) is 4.64. The van der Waals surface area contributed by atoms with Gasteiger partial charge in [0.15, 0.2) is 0 Å².